The average molecular weight is 168 g/mol. The van der Waals surface area contributed by atoms with Crippen LogP contribution in [0, 0.1) is 5.92 Å². The Hall–Kier alpha value is -0.0800. The monoisotopic (exact) mass is 168 g/mol. The number of nitrogens with one attached hydrogen (secondary N) is 2. The molecule has 0 amide bonds. The minimum atomic E-state index is 0.740. The number of likely N-dealkylation sites (N-methyl/N-ethyl adjacent to an activating group) is 1. The van der Waals surface area contributed by atoms with Crippen LogP contribution in [0.25, 0.3) is 0 Å². The zero-order valence-corrected chi connectivity index (χ0v) is 7.97. The lowest BCUT2D eigenvalue weighted by Gasteiger charge is -2.41. The van der Waals surface area contributed by atoms with Crippen LogP contribution < -0.4 is 10.6 Å². The van der Waals surface area contributed by atoms with Crippen LogP contribution in [0.3, 0.4) is 0 Å². The molecule has 2 rings (SSSR count). The van der Waals surface area contributed by atoms with Gasteiger partial charge in [-0.05, 0) is 45.2 Å². The van der Waals surface area contributed by atoms with E-state index >= 15 is 0 Å². The molecule has 0 aromatic heterocycles. The fourth-order valence-corrected chi connectivity index (χ4v) is 2.88. The van der Waals surface area contributed by atoms with Crippen LogP contribution in [0.4, 0.5) is 0 Å². The van der Waals surface area contributed by atoms with Crippen molar-refractivity contribution in [2.24, 2.45) is 5.92 Å². The first-order valence-corrected chi connectivity index (χ1v) is 5.32. The van der Waals surface area contributed by atoms with Crippen LogP contribution in [0.1, 0.15) is 32.1 Å². The largest absolute Gasteiger partial charge is 0.315 e. The number of fused-ring (bicyclic) bond motifs is 1. The topological polar surface area (TPSA) is 24.1 Å². The van der Waals surface area contributed by atoms with E-state index in [0.717, 1.165) is 18.0 Å². The molecule has 1 aliphatic heterocycles. The van der Waals surface area contributed by atoms with Gasteiger partial charge in [0.2, 0.25) is 0 Å². The third-order valence-corrected chi connectivity index (χ3v) is 3.53. The lowest BCUT2D eigenvalue weighted by molar-refractivity contribution is 0.171. The molecule has 3 atom stereocenters. The molecule has 0 aromatic carbocycles. The first-order chi connectivity index (χ1) is 5.92. The molecule has 1 saturated heterocycles. The van der Waals surface area contributed by atoms with E-state index < -0.39 is 0 Å². The summed E-state index contributed by atoms with van der Waals surface area (Å²) in [5, 5.41) is 7.10. The Morgan fingerprint density at radius 3 is 2.83 bits per heavy atom. The van der Waals surface area contributed by atoms with E-state index in [4.69, 9.17) is 0 Å². The predicted octanol–water partition coefficient (Wildman–Crippen LogP) is 1.13. The lowest BCUT2D eigenvalue weighted by atomic mass is 9.77. The summed E-state index contributed by atoms with van der Waals surface area (Å²) in [7, 11) is 2.10. The van der Waals surface area contributed by atoms with Crippen molar-refractivity contribution in [1.29, 1.82) is 0 Å². The first-order valence-electron chi connectivity index (χ1n) is 5.32. The smallest absolute Gasteiger partial charge is 0.0249 e. The Labute approximate surface area is 75.1 Å². The highest BCUT2D eigenvalue weighted by Gasteiger charge is 2.33. The van der Waals surface area contributed by atoms with Gasteiger partial charge in [0.1, 0.15) is 0 Å². The third kappa shape index (κ3) is 1.50. The van der Waals surface area contributed by atoms with Gasteiger partial charge in [-0.15, -0.1) is 0 Å². The molecule has 1 aliphatic carbocycles. The Balaban J connectivity index is 1.99. The molecule has 70 valence electrons. The second kappa shape index (κ2) is 3.75. The van der Waals surface area contributed by atoms with Gasteiger partial charge in [-0.1, -0.05) is 6.42 Å². The Morgan fingerprint density at radius 1 is 1.17 bits per heavy atom. The summed E-state index contributed by atoms with van der Waals surface area (Å²) in [4.78, 5) is 0. The minimum Gasteiger partial charge on any atom is -0.315 e. The second-order valence-corrected chi connectivity index (χ2v) is 4.21. The molecule has 2 aliphatic rings. The zero-order chi connectivity index (χ0) is 8.39. The Morgan fingerprint density at radius 2 is 2.00 bits per heavy atom. The fraction of sp³-hybridized carbons (Fsp3) is 1.00. The van der Waals surface area contributed by atoms with E-state index in [-0.39, 0.29) is 0 Å². The predicted molar refractivity (Wildman–Crippen MR) is 51.2 cm³/mol. The molecular weight excluding hydrogens is 148 g/mol. The average Bonchev–Trinajstić information content (AvgIpc) is 2.17. The maximum Gasteiger partial charge on any atom is 0.0249 e. The van der Waals surface area contributed by atoms with Crippen LogP contribution >= 0.6 is 0 Å². The van der Waals surface area contributed by atoms with Gasteiger partial charge < -0.3 is 10.6 Å². The number of piperidine rings is 1. The van der Waals surface area contributed by atoms with Gasteiger partial charge in [-0.25, -0.2) is 0 Å². The van der Waals surface area contributed by atoms with E-state index in [0.29, 0.717) is 0 Å². The molecule has 2 N–H and O–H groups in total. The molecule has 2 fully saturated rings. The number of rotatable bonds is 1. The summed E-state index contributed by atoms with van der Waals surface area (Å²) < 4.78 is 0. The highest BCUT2D eigenvalue weighted by molar-refractivity contribution is 4.93. The SMILES string of the molecule is CNC1CCCC2CCCNC21. The molecule has 2 nitrogen and oxygen atoms in total. The van der Waals surface area contributed by atoms with Crippen molar-refractivity contribution in [3.8, 4) is 0 Å². The van der Waals surface area contributed by atoms with Crippen molar-refractivity contribution in [3.05, 3.63) is 0 Å². The van der Waals surface area contributed by atoms with Gasteiger partial charge in [0.05, 0.1) is 0 Å². The molecule has 1 heterocycles. The zero-order valence-electron chi connectivity index (χ0n) is 7.97. The van der Waals surface area contributed by atoms with Gasteiger partial charge in [0, 0.05) is 12.1 Å². The molecule has 0 aromatic rings. The maximum atomic E-state index is 3.66. The van der Waals surface area contributed by atoms with E-state index in [1.807, 2.05) is 0 Å². The van der Waals surface area contributed by atoms with Crippen molar-refractivity contribution in [3.63, 3.8) is 0 Å². The van der Waals surface area contributed by atoms with Crippen LogP contribution in [0.2, 0.25) is 0 Å². The molecule has 1 saturated carbocycles. The highest BCUT2D eigenvalue weighted by atomic mass is 15.0. The summed E-state index contributed by atoms with van der Waals surface area (Å²) >= 11 is 0. The van der Waals surface area contributed by atoms with Crippen LogP contribution in [0.15, 0.2) is 0 Å². The normalized spacial score (nSPS) is 42.2. The molecular formula is C10H20N2. The van der Waals surface area contributed by atoms with Crippen molar-refractivity contribution in [2.75, 3.05) is 13.6 Å². The Kier molecular flexibility index (Phi) is 2.66. The van der Waals surface area contributed by atoms with E-state index in [9.17, 15) is 0 Å². The van der Waals surface area contributed by atoms with Crippen molar-refractivity contribution in [1.82, 2.24) is 10.6 Å². The Bertz CT molecular complexity index is 138. The van der Waals surface area contributed by atoms with Gasteiger partial charge in [-0.3, -0.25) is 0 Å². The lowest BCUT2D eigenvalue weighted by Crippen LogP contribution is -2.55. The van der Waals surface area contributed by atoms with Crippen LogP contribution in [-0.2, 0) is 0 Å². The quantitative estimate of drug-likeness (QED) is 0.613. The van der Waals surface area contributed by atoms with Gasteiger partial charge in [0.25, 0.3) is 0 Å². The number of hydrogen-bond donors (Lipinski definition) is 2. The fourth-order valence-electron chi connectivity index (χ4n) is 2.88. The van der Waals surface area contributed by atoms with E-state index in [1.165, 1.54) is 38.6 Å². The second-order valence-electron chi connectivity index (χ2n) is 4.21. The maximum absolute atomic E-state index is 3.66. The molecule has 0 bridgehead atoms. The van der Waals surface area contributed by atoms with Crippen molar-refractivity contribution >= 4 is 0 Å². The molecule has 3 unspecified atom stereocenters. The highest BCUT2D eigenvalue weighted by Crippen LogP contribution is 2.30. The van der Waals surface area contributed by atoms with Crippen molar-refractivity contribution < 1.29 is 0 Å². The van der Waals surface area contributed by atoms with Gasteiger partial charge in [0.15, 0.2) is 0 Å². The van der Waals surface area contributed by atoms with Crippen LogP contribution in [0.5, 0.6) is 0 Å². The first kappa shape index (κ1) is 8.52. The van der Waals surface area contributed by atoms with Gasteiger partial charge >= 0.3 is 0 Å². The number of hydrogen-bond acceptors (Lipinski definition) is 2. The van der Waals surface area contributed by atoms with E-state index in [2.05, 4.69) is 17.7 Å². The minimum absolute atomic E-state index is 0.740. The summed E-state index contributed by atoms with van der Waals surface area (Å²) in [6.07, 6.45) is 7.09. The van der Waals surface area contributed by atoms with Gasteiger partial charge in [-0.2, -0.15) is 0 Å². The molecule has 2 heteroatoms. The summed E-state index contributed by atoms with van der Waals surface area (Å²) in [5.74, 6) is 0.963. The summed E-state index contributed by atoms with van der Waals surface area (Å²) in [5.41, 5.74) is 0. The summed E-state index contributed by atoms with van der Waals surface area (Å²) in [6.45, 7) is 1.24. The third-order valence-electron chi connectivity index (χ3n) is 3.53. The molecule has 0 radical (unpaired) electrons. The van der Waals surface area contributed by atoms with Crippen molar-refractivity contribution in [2.45, 2.75) is 44.2 Å². The standard InChI is InChI=1S/C10H20N2/c1-11-9-6-2-4-8-5-3-7-12-10(8)9/h8-12H,2-7H2,1H3. The molecule has 0 spiro atoms. The van der Waals surface area contributed by atoms with E-state index in [1.54, 1.807) is 0 Å². The van der Waals surface area contributed by atoms with Crippen LogP contribution in [-0.4, -0.2) is 25.7 Å². The summed E-state index contributed by atoms with van der Waals surface area (Å²) in [6, 6.07) is 1.52. The molecule has 12 heavy (non-hydrogen) atoms.